The number of fused-ring (bicyclic) bond motifs is 1. The van der Waals surface area contributed by atoms with E-state index in [0.29, 0.717) is 12.1 Å². The number of benzene rings is 1. The summed E-state index contributed by atoms with van der Waals surface area (Å²) >= 11 is 0. The molecule has 2 aromatic rings. The Balaban J connectivity index is 2.16. The highest BCUT2D eigenvalue weighted by atomic mass is 16.1. The van der Waals surface area contributed by atoms with Crippen molar-refractivity contribution in [1.29, 1.82) is 0 Å². The molecule has 17 heavy (non-hydrogen) atoms. The van der Waals surface area contributed by atoms with Crippen LogP contribution in [0, 0.1) is 0 Å². The fourth-order valence-electron chi connectivity index (χ4n) is 1.60. The van der Waals surface area contributed by atoms with E-state index < -0.39 is 0 Å². The second-order valence-electron chi connectivity index (χ2n) is 4.04. The van der Waals surface area contributed by atoms with Crippen molar-refractivity contribution < 1.29 is 4.79 Å². The van der Waals surface area contributed by atoms with E-state index in [1.807, 2.05) is 26.1 Å². The van der Waals surface area contributed by atoms with Crippen LogP contribution in [-0.4, -0.2) is 35.7 Å². The van der Waals surface area contributed by atoms with Gasteiger partial charge in [-0.15, -0.1) is 0 Å². The predicted octanol–water partition coefficient (Wildman–Crippen LogP) is 0.901. The van der Waals surface area contributed by atoms with Gasteiger partial charge >= 0.3 is 0 Å². The Morgan fingerprint density at radius 3 is 3.12 bits per heavy atom. The molecule has 5 heteroatoms. The molecule has 0 fully saturated rings. The highest BCUT2D eigenvalue weighted by Gasteiger charge is 2.11. The second kappa shape index (κ2) is 4.97. The van der Waals surface area contributed by atoms with Crippen LogP contribution in [0.25, 0.3) is 10.9 Å². The molecule has 1 unspecified atom stereocenters. The maximum Gasteiger partial charge on any atom is 0.253 e. The van der Waals surface area contributed by atoms with E-state index in [-0.39, 0.29) is 11.9 Å². The maximum absolute atomic E-state index is 12.0. The molecule has 1 heterocycles. The number of nitrogens with one attached hydrogen (secondary N) is 3. The molecular formula is C12H16N4O. The molecule has 0 aliphatic heterocycles. The molecule has 0 saturated carbocycles. The van der Waals surface area contributed by atoms with Crippen molar-refractivity contribution in [2.75, 3.05) is 13.6 Å². The lowest BCUT2D eigenvalue weighted by Crippen LogP contribution is -2.37. The van der Waals surface area contributed by atoms with E-state index in [9.17, 15) is 4.79 Å². The first kappa shape index (κ1) is 11.6. The van der Waals surface area contributed by atoms with Crippen molar-refractivity contribution in [2.24, 2.45) is 0 Å². The third-order valence-electron chi connectivity index (χ3n) is 2.78. The highest BCUT2D eigenvalue weighted by Crippen LogP contribution is 2.15. The fourth-order valence-corrected chi connectivity index (χ4v) is 1.60. The molecule has 1 amide bonds. The molecule has 0 aliphatic rings. The smallest absolute Gasteiger partial charge is 0.253 e. The van der Waals surface area contributed by atoms with Crippen LogP contribution in [0.15, 0.2) is 24.4 Å². The third kappa shape index (κ3) is 2.45. The van der Waals surface area contributed by atoms with E-state index >= 15 is 0 Å². The van der Waals surface area contributed by atoms with Crippen molar-refractivity contribution in [1.82, 2.24) is 20.8 Å². The van der Waals surface area contributed by atoms with E-state index in [1.165, 1.54) is 0 Å². The molecule has 0 saturated heterocycles. The molecule has 0 radical (unpaired) electrons. The summed E-state index contributed by atoms with van der Waals surface area (Å²) in [6.07, 6.45) is 1.71. The van der Waals surface area contributed by atoms with Gasteiger partial charge < -0.3 is 10.6 Å². The van der Waals surface area contributed by atoms with Gasteiger partial charge in [-0.1, -0.05) is 12.1 Å². The average molecular weight is 232 g/mol. The summed E-state index contributed by atoms with van der Waals surface area (Å²) in [6, 6.07) is 5.82. The summed E-state index contributed by atoms with van der Waals surface area (Å²) in [4.78, 5) is 12.0. The first-order chi connectivity index (χ1) is 8.22. The lowest BCUT2D eigenvalue weighted by Gasteiger charge is -2.11. The van der Waals surface area contributed by atoms with Crippen molar-refractivity contribution in [2.45, 2.75) is 13.0 Å². The molecule has 3 N–H and O–H groups in total. The number of nitrogens with zero attached hydrogens (tertiary/aromatic N) is 1. The molecule has 2 rings (SSSR count). The van der Waals surface area contributed by atoms with Gasteiger partial charge in [-0.05, 0) is 20.0 Å². The minimum atomic E-state index is -0.0815. The highest BCUT2D eigenvalue weighted by molar-refractivity contribution is 6.05. The summed E-state index contributed by atoms with van der Waals surface area (Å²) in [5, 5.41) is 13.7. The van der Waals surface area contributed by atoms with Crippen LogP contribution < -0.4 is 10.6 Å². The van der Waals surface area contributed by atoms with Gasteiger partial charge in [0.2, 0.25) is 0 Å². The zero-order chi connectivity index (χ0) is 12.3. The topological polar surface area (TPSA) is 69.8 Å². The van der Waals surface area contributed by atoms with Crippen molar-refractivity contribution in [3.8, 4) is 0 Å². The van der Waals surface area contributed by atoms with Gasteiger partial charge in [-0.2, -0.15) is 5.10 Å². The van der Waals surface area contributed by atoms with Gasteiger partial charge in [0.1, 0.15) is 0 Å². The molecule has 1 aromatic carbocycles. The Bertz CT molecular complexity index is 520. The SMILES string of the molecule is CNC(C)CNC(=O)c1cccc2cn[nH]c12. The van der Waals surface area contributed by atoms with Crippen LogP contribution >= 0.6 is 0 Å². The van der Waals surface area contributed by atoms with E-state index in [1.54, 1.807) is 12.3 Å². The second-order valence-corrected chi connectivity index (χ2v) is 4.04. The van der Waals surface area contributed by atoms with Gasteiger partial charge in [0.25, 0.3) is 5.91 Å². The molecule has 1 atom stereocenters. The number of hydrogen-bond donors (Lipinski definition) is 3. The number of aromatic amines is 1. The maximum atomic E-state index is 12.0. The number of H-pyrrole nitrogens is 1. The molecule has 5 nitrogen and oxygen atoms in total. The van der Waals surface area contributed by atoms with Crippen molar-refractivity contribution in [3.05, 3.63) is 30.0 Å². The number of carbonyl (C=O) groups excluding carboxylic acids is 1. The largest absolute Gasteiger partial charge is 0.350 e. The van der Waals surface area contributed by atoms with Crippen LogP contribution in [0.2, 0.25) is 0 Å². The van der Waals surface area contributed by atoms with E-state index in [2.05, 4.69) is 20.8 Å². The Morgan fingerprint density at radius 2 is 2.35 bits per heavy atom. The number of hydrogen-bond acceptors (Lipinski definition) is 3. The standard InChI is InChI=1S/C12H16N4O/c1-8(13-2)6-14-12(17)10-5-3-4-9-7-15-16-11(9)10/h3-5,7-8,13H,6H2,1-2H3,(H,14,17)(H,15,16). The molecule has 0 spiro atoms. The summed E-state index contributed by atoms with van der Waals surface area (Å²) in [7, 11) is 1.87. The van der Waals surface area contributed by atoms with Crippen LogP contribution in [0.5, 0.6) is 0 Å². The van der Waals surface area contributed by atoms with Crippen molar-refractivity contribution in [3.63, 3.8) is 0 Å². The molecule has 0 bridgehead atoms. The quantitative estimate of drug-likeness (QED) is 0.733. The number of aromatic nitrogens is 2. The lowest BCUT2D eigenvalue weighted by molar-refractivity contribution is 0.0952. The fraction of sp³-hybridized carbons (Fsp3) is 0.333. The first-order valence-electron chi connectivity index (χ1n) is 5.60. The summed E-state index contributed by atoms with van der Waals surface area (Å²) in [5.74, 6) is -0.0815. The lowest BCUT2D eigenvalue weighted by atomic mass is 10.1. The zero-order valence-electron chi connectivity index (χ0n) is 9.95. The van der Waals surface area contributed by atoms with Gasteiger partial charge in [0.05, 0.1) is 17.3 Å². The summed E-state index contributed by atoms with van der Waals surface area (Å²) < 4.78 is 0. The van der Waals surface area contributed by atoms with Crippen LogP contribution in [0.1, 0.15) is 17.3 Å². The minimum absolute atomic E-state index is 0.0815. The molecule has 0 aliphatic carbocycles. The normalized spacial score (nSPS) is 12.6. The molecule has 90 valence electrons. The third-order valence-corrected chi connectivity index (χ3v) is 2.78. The first-order valence-corrected chi connectivity index (χ1v) is 5.60. The summed E-state index contributed by atoms with van der Waals surface area (Å²) in [6.45, 7) is 2.61. The zero-order valence-corrected chi connectivity index (χ0v) is 9.95. The van der Waals surface area contributed by atoms with Crippen LogP contribution in [0.3, 0.4) is 0 Å². The Kier molecular flexibility index (Phi) is 3.39. The number of amides is 1. The Labute approximate surface area is 99.6 Å². The van der Waals surface area contributed by atoms with Crippen LogP contribution in [0.4, 0.5) is 0 Å². The monoisotopic (exact) mass is 232 g/mol. The molecular weight excluding hydrogens is 216 g/mol. The van der Waals surface area contributed by atoms with Crippen molar-refractivity contribution >= 4 is 16.8 Å². The van der Waals surface area contributed by atoms with Gasteiger partial charge in [0, 0.05) is 18.0 Å². The number of likely N-dealkylation sites (N-methyl/N-ethyl adjacent to an activating group) is 1. The Hall–Kier alpha value is -1.88. The van der Waals surface area contributed by atoms with E-state index in [0.717, 1.165) is 10.9 Å². The van der Waals surface area contributed by atoms with Crippen LogP contribution in [-0.2, 0) is 0 Å². The molecule has 1 aromatic heterocycles. The van der Waals surface area contributed by atoms with Gasteiger partial charge in [-0.3, -0.25) is 9.89 Å². The average Bonchev–Trinajstić information content (AvgIpc) is 2.83. The number of para-hydroxylation sites is 1. The predicted molar refractivity (Wildman–Crippen MR) is 66.9 cm³/mol. The van der Waals surface area contributed by atoms with Gasteiger partial charge in [0.15, 0.2) is 0 Å². The summed E-state index contributed by atoms with van der Waals surface area (Å²) in [5.41, 5.74) is 1.41. The van der Waals surface area contributed by atoms with Gasteiger partial charge in [-0.25, -0.2) is 0 Å². The Morgan fingerprint density at radius 1 is 1.53 bits per heavy atom. The number of rotatable bonds is 4. The minimum Gasteiger partial charge on any atom is -0.350 e. The number of carbonyl (C=O) groups is 1. The van der Waals surface area contributed by atoms with E-state index in [4.69, 9.17) is 0 Å².